The van der Waals surface area contributed by atoms with E-state index in [1.165, 1.54) is 19.3 Å². The van der Waals surface area contributed by atoms with Crippen molar-refractivity contribution >= 4 is 11.6 Å². The van der Waals surface area contributed by atoms with Gasteiger partial charge in [-0.05, 0) is 44.9 Å². The number of hydrazine groups is 1. The highest BCUT2D eigenvalue weighted by molar-refractivity contribution is 5.57. The van der Waals surface area contributed by atoms with E-state index in [0.717, 1.165) is 29.0 Å². The second-order valence-electron chi connectivity index (χ2n) is 6.00. The molecule has 19 heavy (non-hydrogen) atoms. The Morgan fingerprint density at radius 3 is 2.16 bits per heavy atom. The summed E-state index contributed by atoms with van der Waals surface area (Å²) in [6.07, 6.45) is 3.74. The van der Waals surface area contributed by atoms with Crippen LogP contribution in [0, 0.1) is 25.7 Å². The molecular formula is C14H25N5. The molecule has 0 amide bonds. The first kappa shape index (κ1) is 14.1. The normalized spacial score (nSPS) is 27.1. The Balaban J connectivity index is 2.16. The second kappa shape index (κ2) is 5.74. The highest BCUT2D eigenvalue weighted by Gasteiger charge is 2.24. The molecule has 1 saturated carbocycles. The van der Waals surface area contributed by atoms with E-state index in [4.69, 9.17) is 5.84 Å². The molecule has 1 fully saturated rings. The SMILES string of the molecule is Cc1nc(NN)c(C)c(NC2CC(C)CC(C)C2)n1. The van der Waals surface area contributed by atoms with Gasteiger partial charge in [0, 0.05) is 11.6 Å². The van der Waals surface area contributed by atoms with Crippen molar-refractivity contribution in [3.8, 4) is 0 Å². The van der Waals surface area contributed by atoms with Gasteiger partial charge in [0.1, 0.15) is 17.5 Å². The quantitative estimate of drug-likeness (QED) is 0.577. The molecular weight excluding hydrogens is 238 g/mol. The van der Waals surface area contributed by atoms with Crippen LogP contribution in [0.5, 0.6) is 0 Å². The summed E-state index contributed by atoms with van der Waals surface area (Å²) in [6.45, 7) is 8.54. The van der Waals surface area contributed by atoms with Crippen molar-refractivity contribution in [2.24, 2.45) is 17.7 Å². The number of hydrogen-bond acceptors (Lipinski definition) is 5. The van der Waals surface area contributed by atoms with Gasteiger partial charge in [0.2, 0.25) is 0 Å². The van der Waals surface area contributed by atoms with Gasteiger partial charge in [0.05, 0.1) is 0 Å². The van der Waals surface area contributed by atoms with Crippen LogP contribution in [0.1, 0.15) is 44.5 Å². The molecule has 106 valence electrons. The molecule has 1 aromatic heterocycles. The number of nitrogens with one attached hydrogen (secondary N) is 2. The van der Waals surface area contributed by atoms with Crippen molar-refractivity contribution in [3.63, 3.8) is 0 Å². The van der Waals surface area contributed by atoms with E-state index in [1.807, 2.05) is 13.8 Å². The van der Waals surface area contributed by atoms with E-state index < -0.39 is 0 Å². The number of nitrogen functional groups attached to an aromatic ring is 1. The predicted octanol–water partition coefficient (Wildman–Crippen LogP) is 2.62. The molecule has 5 heteroatoms. The first-order valence-electron chi connectivity index (χ1n) is 7.08. The monoisotopic (exact) mass is 263 g/mol. The minimum Gasteiger partial charge on any atom is -0.367 e. The summed E-state index contributed by atoms with van der Waals surface area (Å²) in [4.78, 5) is 8.80. The lowest BCUT2D eigenvalue weighted by Gasteiger charge is -2.32. The minimum atomic E-state index is 0.498. The molecule has 0 spiro atoms. The van der Waals surface area contributed by atoms with Crippen molar-refractivity contribution in [2.75, 3.05) is 10.7 Å². The van der Waals surface area contributed by atoms with E-state index in [1.54, 1.807) is 0 Å². The summed E-state index contributed by atoms with van der Waals surface area (Å²) in [6, 6.07) is 0.498. The van der Waals surface area contributed by atoms with Crippen LogP contribution in [-0.4, -0.2) is 16.0 Å². The van der Waals surface area contributed by atoms with Crippen molar-refractivity contribution < 1.29 is 0 Å². The fourth-order valence-electron chi connectivity index (χ4n) is 3.17. The van der Waals surface area contributed by atoms with Crippen molar-refractivity contribution in [1.82, 2.24) is 9.97 Å². The fraction of sp³-hybridized carbons (Fsp3) is 0.714. The molecule has 2 atom stereocenters. The summed E-state index contributed by atoms with van der Waals surface area (Å²) in [7, 11) is 0. The molecule has 1 aromatic rings. The Morgan fingerprint density at radius 2 is 1.58 bits per heavy atom. The lowest BCUT2D eigenvalue weighted by Crippen LogP contribution is -2.31. The third kappa shape index (κ3) is 3.35. The Bertz CT molecular complexity index is 436. The number of hydrogen-bond donors (Lipinski definition) is 3. The Hall–Kier alpha value is -1.36. The highest BCUT2D eigenvalue weighted by atomic mass is 15.3. The maximum atomic E-state index is 5.50. The first-order valence-corrected chi connectivity index (χ1v) is 7.08. The maximum absolute atomic E-state index is 5.50. The molecule has 1 aliphatic rings. The molecule has 0 radical (unpaired) electrons. The van der Waals surface area contributed by atoms with Gasteiger partial charge in [-0.2, -0.15) is 0 Å². The molecule has 2 unspecified atom stereocenters. The van der Waals surface area contributed by atoms with Gasteiger partial charge in [-0.3, -0.25) is 0 Å². The van der Waals surface area contributed by atoms with Crippen LogP contribution in [0.25, 0.3) is 0 Å². The van der Waals surface area contributed by atoms with Crippen LogP contribution in [-0.2, 0) is 0 Å². The van der Waals surface area contributed by atoms with E-state index in [-0.39, 0.29) is 0 Å². The van der Waals surface area contributed by atoms with Crippen molar-refractivity contribution in [3.05, 3.63) is 11.4 Å². The minimum absolute atomic E-state index is 0.498. The standard InChI is InChI=1S/C14H25N5/c1-8-5-9(2)7-12(6-8)18-13-10(3)14(19-15)17-11(4)16-13/h8-9,12H,5-7,15H2,1-4H3,(H2,16,17,18,19). The fourth-order valence-corrected chi connectivity index (χ4v) is 3.17. The summed E-state index contributed by atoms with van der Waals surface area (Å²) < 4.78 is 0. The Labute approximate surface area is 115 Å². The summed E-state index contributed by atoms with van der Waals surface area (Å²) in [5.41, 5.74) is 3.63. The van der Waals surface area contributed by atoms with Gasteiger partial charge in [-0.25, -0.2) is 15.8 Å². The first-order chi connectivity index (χ1) is 8.99. The van der Waals surface area contributed by atoms with Crippen molar-refractivity contribution in [1.29, 1.82) is 0 Å². The van der Waals surface area contributed by atoms with Gasteiger partial charge < -0.3 is 10.7 Å². The predicted molar refractivity (Wildman–Crippen MR) is 78.9 cm³/mol. The largest absolute Gasteiger partial charge is 0.367 e. The van der Waals surface area contributed by atoms with Crippen molar-refractivity contribution in [2.45, 2.75) is 53.0 Å². The van der Waals surface area contributed by atoms with Crippen LogP contribution in [0.2, 0.25) is 0 Å². The van der Waals surface area contributed by atoms with Gasteiger partial charge in [0.25, 0.3) is 0 Å². The number of aromatic nitrogens is 2. The summed E-state index contributed by atoms with van der Waals surface area (Å²) in [5.74, 6) is 9.39. The highest BCUT2D eigenvalue weighted by Crippen LogP contribution is 2.31. The van der Waals surface area contributed by atoms with Gasteiger partial charge in [-0.15, -0.1) is 0 Å². The third-order valence-electron chi connectivity index (χ3n) is 3.91. The summed E-state index contributed by atoms with van der Waals surface area (Å²) in [5, 5.41) is 3.58. The summed E-state index contributed by atoms with van der Waals surface area (Å²) >= 11 is 0. The van der Waals surface area contributed by atoms with E-state index in [9.17, 15) is 0 Å². The molecule has 0 saturated heterocycles. The molecule has 0 bridgehead atoms. The Morgan fingerprint density at radius 1 is 1.00 bits per heavy atom. The molecule has 2 rings (SSSR count). The van der Waals surface area contributed by atoms with Gasteiger partial charge in [0.15, 0.2) is 0 Å². The number of anilines is 2. The smallest absolute Gasteiger partial charge is 0.148 e. The van der Waals surface area contributed by atoms with Crippen LogP contribution in [0.15, 0.2) is 0 Å². The molecule has 4 N–H and O–H groups in total. The number of aryl methyl sites for hydroxylation is 1. The van der Waals surface area contributed by atoms with Gasteiger partial charge in [-0.1, -0.05) is 13.8 Å². The average Bonchev–Trinajstić information content (AvgIpc) is 2.32. The lowest BCUT2D eigenvalue weighted by molar-refractivity contribution is 0.280. The number of nitrogens with zero attached hydrogens (tertiary/aromatic N) is 2. The molecule has 0 aromatic carbocycles. The molecule has 1 heterocycles. The number of nitrogens with two attached hydrogens (primary N) is 1. The lowest BCUT2D eigenvalue weighted by atomic mass is 9.80. The van der Waals surface area contributed by atoms with Gasteiger partial charge >= 0.3 is 0 Å². The maximum Gasteiger partial charge on any atom is 0.148 e. The number of rotatable bonds is 3. The second-order valence-corrected chi connectivity index (χ2v) is 6.00. The van der Waals surface area contributed by atoms with E-state index >= 15 is 0 Å². The zero-order chi connectivity index (χ0) is 14.0. The van der Waals surface area contributed by atoms with E-state index in [0.29, 0.717) is 11.9 Å². The van der Waals surface area contributed by atoms with Crippen LogP contribution >= 0.6 is 0 Å². The Kier molecular flexibility index (Phi) is 4.24. The zero-order valence-electron chi connectivity index (χ0n) is 12.3. The zero-order valence-corrected chi connectivity index (χ0v) is 12.3. The molecule has 5 nitrogen and oxygen atoms in total. The topological polar surface area (TPSA) is 75.9 Å². The van der Waals surface area contributed by atoms with Crippen LogP contribution in [0.3, 0.4) is 0 Å². The third-order valence-corrected chi connectivity index (χ3v) is 3.91. The molecule has 1 aliphatic carbocycles. The van der Waals surface area contributed by atoms with E-state index in [2.05, 4.69) is 34.6 Å². The molecule has 0 aliphatic heterocycles. The van der Waals surface area contributed by atoms with Crippen LogP contribution in [0.4, 0.5) is 11.6 Å². The van der Waals surface area contributed by atoms with Crippen LogP contribution < -0.4 is 16.6 Å². The average molecular weight is 263 g/mol.